The topological polar surface area (TPSA) is 46.0 Å². The van der Waals surface area contributed by atoms with Crippen LogP contribution in [0.3, 0.4) is 0 Å². The molecule has 0 aliphatic heterocycles. The van der Waals surface area contributed by atoms with Crippen LogP contribution in [0.1, 0.15) is 0 Å². The Morgan fingerprint density at radius 2 is 2.00 bits per heavy atom. The minimum Gasteiger partial charge on any atom is -0.508 e. The third kappa shape index (κ3) is 2.19. The van der Waals surface area contributed by atoms with E-state index in [0.717, 1.165) is 9.24 Å². The van der Waals surface area contributed by atoms with Crippen LogP contribution in [-0.4, -0.2) is 14.5 Å². The highest BCUT2D eigenvalue weighted by molar-refractivity contribution is 8.01. The van der Waals surface area contributed by atoms with Crippen molar-refractivity contribution in [2.45, 2.75) is 9.24 Å². The monoisotopic (exact) mass is 210 g/mol. The SMILES string of the molecule is Oc1ccc(Sc2ncns2)cc1. The van der Waals surface area contributed by atoms with Gasteiger partial charge in [-0.2, -0.15) is 4.37 Å². The molecule has 0 aliphatic rings. The second-order valence-electron chi connectivity index (χ2n) is 2.30. The van der Waals surface area contributed by atoms with Gasteiger partial charge in [0.1, 0.15) is 12.1 Å². The molecule has 0 atom stereocenters. The lowest BCUT2D eigenvalue weighted by Crippen LogP contribution is -1.70. The summed E-state index contributed by atoms with van der Waals surface area (Å²) in [6, 6.07) is 7.01. The molecule has 0 fully saturated rings. The van der Waals surface area contributed by atoms with Crippen LogP contribution in [0.25, 0.3) is 0 Å². The number of rotatable bonds is 2. The summed E-state index contributed by atoms with van der Waals surface area (Å²) in [6.45, 7) is 0. The van der Waals surface area contributed by atoms with E-state index in [-0.39, 0.29) is 5.75 Å². The highest BCUT2D eigenvalue weighted by Crippen LogP contribution is 2.28. The molecule has 0 spiro atoms. The zero-order chi connectivity index (χ0) is 9.10. The number of aromatic nitrogens is 2. The average Bonchev–Trinajstić information content (AvgIpc) is 2.62. The molecular formula is C8H6N2OS2. The fourth-order valence-corrected chi connectivity index (χ4v) is 2.24. The first-order valence-corrected chi connectivity index (χ1v) is 5.17. The van der Waals surface area contributed by atoms with Crippen LogP contribution in [0.2, 0.25) is 0 Å². The van der Waals surface area contributed by atoms with E-state index in [2.05, 4.69) is 9.36 Å². The summed E-state index contributed by atoms with van der Waals surface area (Å²) in [5, 5.41) is 9.05. The molecule has 0 aliphatic carbocycles. The number of aromatic hydroxyl groups is 1. The first-order chi connectivity index (χ1) is 6.34. The Hall–Kier alpha value is -1.07. The lowest BCUT2D eigenvalue weighted by atomic mass is 10.3. The molecule has 0 bridgehead atoms. The van der Waals surface area contributed by atoms with Gasteiger partial charge in [-0.25, -0.2) is 4.98 Å². The summed E-state index contributed by atoms with van der Waals surface area (Å²) >= 11 is 2.90. The zero-order valence-electron chi connectivity index (χ0n) is 6.54. The molecule has 0 saturated carbocycles. The summed E-state index contributed by atoms with van der Waals surface area (Å²) < 4.78 is 4.80. The first kappa shape index (κ1) is 8.52. The molecule has 1 heterocycles. The maximum Gasteiger partial charge on any atom is 0.174 e. The van der Waals surface area contributed by atoms with Crippen molar-refractivity contribution in [1.29, 1.82) is 0 Å². The van der Waals surface area contributed by atoms with Crippen molar-refractivity contribution in [2.24, 2.45) is 0 Å². The van der Waals surface area contributed by atoms with Crippen molar-refractivity contribution in [2.75, 3.05) is 0 Å². The molecule has 1 N–H and O–H groups in total. The molecule has 0 unspecified atom stereocenters. The van der Waals surface area contributed by atoms with E-state index < -0.39 is 0 Å². The molecule has 2 rings (SSSR count). The number of hydrogen-bond acceptors (Lipinski definition) is 5. The lowest BCUT2D eigenvalue weighted by Gasteiger charge is -1.96. The van der Waals surface area contributed by atoms with Crippen molar-refractivity contribution in [1.82, 2.24) is 9.36 Å². The summed E-state index contributed by atoms with van der Waals surface area (Å²) in [4.78, 5) is 5.09. The van der Waals surface area contributed by atoms with E-state index in [1.807, 2.05) is 12.1 Å². The van der Waals surface area contributed by atoms with Gasteiger partial charge in [-0.15, -0.1) is 0 Å². The largest absolute Gasteiger partial charge is 0.508 e. The fourth-order valence-electron chi connectivity index (χ4n) is 0.823. The van der Waals surface area contributed by atoms with Gasteiger partial charge in [0, 0.05) is 4.90 Å². The lowest BCUT2D eigenvalue weighted by molar-refractivity contribution is 0.475. The highest BCUT2D eigenvalue weighted by atomic mass is 32.2. The minimum atomic E-state index is 0.279. The van der Waals surface area contributed by atoms with Crippen LogP contribution in [0.4, 0.5) is 0 Å². The van der Waals surface area contributed by atoms with Crippen LogP contribution >= 0.6 is 23.3 Å². The smallest absolute Gasteiger partial charge is 0.174 e. The molecular weight excluding hydrogens is 204 g/mol. The average molecular weight is 210 g/mol. The molecule has 0 amide bonds. The van der Waals surface area contributed by atoms with Crippen molar-refractivity contribution < 1.29 is 5.11 Å². The van der Waals surface area contributed by atoms with Crippen LogP contribution in [0, 0.1) is 0 Å². The van der Waals surface area contributed by atoms with Crippen molar-refractivity contribution in [3.63, 3.8) is 0 Å². The first-order valence-electron chi connectivity index (χ1n) is 3.58. The van der Waals surface area contributed by atoms with E-state index >= 15 is 0 Å². The molecule has 5 heteroatoms. The van der Waals surface area contributed by atoms with Gasteiger partial charge in [0.15, 0.2) is 4.34 Å². The number of nitrogens with zero attached hydrogens (tertiary/aromatic N) is 2. The van der Waals surface area contributed by atoms with Gasteiger partial charge in [0.2, 0.25) is 0 Å². The number of hydrogen-bond donors (Lipinski definition) is 1. The van der Waals surface area contributed by atoms with E-state index in [0.29, 0.717) is 0 Å². The van der Waals surface area contributed by atoms with E-state index in [1.165, 1.54) is 29.6 Å². The normalized spacial score (nSPS) is 10.2. The van der Waals surface area contributed by atoms with Crippen molar-refractivity contribution in [3.05, 3.63) is 30.6 Å². The Morgan fingerprint density at radius 1 is 1.23 bits per heavy atom. The molecule has 0 saturated heterocycles. The predicted octanol–water partition coefficient (Wildman–Crippen LogP) is 2.39. The molecule has 2 aromatic rings. The Bertz CT molecular complexity index is 372. The molecule has 1 aromatic carbocycles. The fraction of sp³-hybridized carbons (Fsp3) is 0. The van der Waals surface area contributed by atoms with Crippen LogP contribution in [0.15, 0.2) is 39.8 Å². The Balaban J connectivity index is 2.15. The quantitative estimate of drug-likeness (QED) is 0.826. The highest BCUT2D eigenvalue weighted by Gasteiger charge is 1.99. The summed E-state index contributed by atoms with van der Waals surface area (Å²) in [6.07, 6.45) is 1.54. The van der Waals surface area contributed by atoms with Gasteiger partial charge in [0.05, 0.1) is 0 Å². The predicted molar refractivity (Wildman–Crippen MR) is 52.1 cm³/mol. The Kier molecular flexibility index (Phi) is 2.47. The van der Waals surface area contributed by atoms with Gasteiger partial charge < -0.3 is 5.11 Å². The summed E-state index contributed by atoms with van der Waals surface area (Å²) in [7, 11) is 0. The van der Waals surface area contributed by atoms with E-state index in [4.69, 9.17) is 5.11 Å². The maximum atomic E-state index is 9.05. The molecule has 3 nitrogen and oxygen atoms in total. The minimum absolute atomic E-state index is 0.279. The van der Waals surface area contributed by atoms with Crippen molar-refractivity contribution in [3.8, 4) is 5.75 Å². The second kappa shape index (κ2) is 3.76. The number of phenolic OH excluding ortho intramolecular Hbond substituents is 1. The molecule has 66 valence electrons. The molecule has 13 heavy (non-hydrogen) atoms. The molecule has 0 radical (unpaired) electrons. The maximum absolute atomic E-state index is 9.05. The number of benzene rings is 1. The van der Waals surface area contributed by atoms with Crippen LogP contribution < -0.4 is 0 Å². The number of phenols is 1. The van der Waals surface area contributed by atoms with Crippen molar-refractivity contribution >= 4 is 23.3 Å². The second-order valence-corrected chi connectivity index (χ2v) is 4.40. The molecule has 1 aromatic heterocycles. The Morgan fingerprint density at radius 3 is 2.62 bits per heavy atom. The van der Waals surface area contributed by atoms with Crippen LogP contribution in [0.5, 0.6) is 5.75 Å². The van der Waals surface area contributed by atoms with Gasteiger partial charge in [-0.05, 0) is 35.8 Å². The third-order valence-corrected chi connectivity index (χ3v) is 3.11. The summed E-state index contributed by atoms with van der Waals surface area (Å²) in [5.41, 5.74) is 0. The van der Waals surface area contributed by atoms with Gasteiger partial charge in [0.25, 0.3) is 0 Å². The van der Waals surface area contributed by atoms with Gasteiger partial charge in [-0.3, -0.25) is 0 Å². The van der Waals surface area contributed by atoms with E-state index in [1.54, 1.807) is 12.1 Å². The third-order valence-electron chi connectivity index (χ3n) is 1.38. The van der Waals surface area contributed by atoms with Gasteiger partial charge in [-0.1, -0.05) is 11.8 Å². The zero-order valence-corrected chi connectivity index (χ0v) is 8.18. The standard InChI is InChI=1S/C8H6N2OS2/c11-6-1-3-7(4-2-6)12-8-9-5-10-13-8/h1-5,11H. The van der Waals surface area contributed by atoms with Gasteiger partial charge >= 0.3 is 0 Å². The summed E-state index contributed by atoms with van der Waals surface area (Å²) in [5.74, 6) is 0.279. The van der Waals surface area contributed by atoms with Crippen LogP contribution in [-0.2, 0) is 0 Å². The Labute approximate surface area is 83.6 Å². The van der Waals surface area contributed by atoms with E-state index in [9.17, 15) is 0 Å².